The van der Waals surface area contributed by atoms with Crippen LogP contribution in [0.5, 0.6) is 0 Å². The van der Waals surface area contributed by atoms with Crippen LogP contribution < -0.4 is 24.0 Å². The van der Waals surface area contributed by atoms with Gasteiger partial charge >= 0.3 is 21.8 Å². The first-order chi connectivity index (χ1) is 9.24. The molecule has 4 heteroatoms. The van der Waals surface area contributed by atoms with Gasteiger partial charge in [0.1, 0.15) is 0 Å². The van der Waals surface area contributed by atoms with Gasteiger partial charge < -0.3 is 28.5 Å². The monoisotopic (exact) mass is 449 g/mol. The summed E-state index contributed by atoms with van der Waals surface area (Å²) in [5, 5.41) is 0. The second-order valence-electron chi connectivity index (χ2n) is 5.65. The van der Waals surface area contributed by atoms with E-state index in [0.717, 1.165) is 0 Å². The molecule has 2 nitrogen and oxygen atoms in total. The van der Waals surface area contributed by atoms with Crippen LogP contribution in [0.4, 0.5) is 0 Å². The van der Waals surface area contributed by atoms with Gasteiger partial charge in [0, 0.05) is 0 Å². The third-order valence-electron chi connectivity index (χ3n) is 3.94. The molecule has 0 aromatic carbocycles. The van der Waals surface area contributed by atoms with Gasteiger partial charge in [0.15, 0.2) is 0 Å². The van der Waals surface area contributed by atoms with E-state index in [1.807, 2.05) is 0 Å². The molecule has 0 aromatic rings. The SMILES string of the molecule is CCCC[N+](CCCC)(CCCC)CCCC.[I-].[O]=[Zn]. The number of rotatable bonds is 12. The van der Waals surface area contributed by atoms with Gasteiger partial charge in [-0.2, -0.15) is 0 Å². The maximum absolute atomic E-state index is 8.38. The molecular weight excluding hydrogens is 414 g/mol. The van der Waals surface area contributed by atoms with Crippen LogP contribution in [0.25, 0.3) is 0 Å². The van der Waals surface area contributed by atoms with Crippen LogP contribution in [0.1, 0.15) is 79.1 Å². The molecule has 0 unspecified atom stereocenters. The van der Waals surface area contributed by atoms with Gasteiger partial charge in [-0.25, -0.2) is 0 Å². The number of quaternary nitrogens is 1. The Hall–Kier alpha value is 1.11. The van der Waals surface area contributed by atoms with Crippen molar-refractivity contribution >= 4 is 0 Å². The van der Waals surface area contributed by atoms with E-state index in [1.54, 1.807) is 0 Å². The maximum atomic E-state index is 8.38. The fourth-order valence-electron chi connectivity index (χ4n) is 2.64. The minimum absolute atomic E-state index is 0. The summed E-state index contributed by atoms with van der Waals surface area (Å²) < 4.78 is 9.80. The van der Waals surface area contributed by atoms with Crippen molar-refractivity contribution in [3.8, 4) is 0 Å². The van der Waals surface area contributed by atoms with Crippen molar-refractivity contribution in [1.82, 2.24) is 0 Å². The van der Waals surface area contributed by atoms with Crippen molar-refractivity contribution in [3.05, 3.63) is 0 Å². The Kier molecular flexibility index (Phi) is 26.2. The molecule has 0 aliphatic rings. The summed E-state index contributed by atoms with van der Waals surface area (Å²) in [7, 11) is 0. The van der Waals surface area contributed by atoms with Crippen LogP contribution in [0.15, 0.2) is 0 Å². The Balaban J connectivity index is -0.000000916. The average Bonchev–Trinajstić information content (AvgIpc) is 2.48. The van der Waals surface area contributed by atoms with E-state index in [1.165, 1.54) is 82.0 Å². The van der Waals surface area contributed by atoms with Crippen LogP contribution in [-0.2, 0) is 21.8 Å². The Bertz CT molecular complexity index is 144. The molecular formula is C16H36INOZn. The van der Waals surface area contributed by atoms with Crippen LogP contribution >= 0.6 is 0 Å². The van der Waals surface area contributed by atoms with E-state index in [4.69, 9.17) is 3.57 Å². The topological polar surface area (TPSA) is 17.1 Å². The molecule has 0 spiro atoms. The van der Waals surface area contributed by atoms with Gasteiger partial charge in [0.25, 0.3) is 0 Å². The third kappa shape index (κ3) is 14.1. The number of nitrogens with zero attached hydrogens (tertiary/aromatic N) is 1. The first-order valence-corrected chi connectivity index (χ1v) is 9.59. The molecule has 0 fully saturated rings. The molecule has 0 heterocycles. The van der Waals surface area contributed by atoms with Crippen molar-refractivity contribution in [1.29, 1.82) is 0 Å². The molecule has 0 rings (SSSR count). The fraction of sp³-hybridized carbons (Fsp3) is 1.00. The van der Waals surface area contributed by atoms with Crippen LogP contribution in [0, 0.1) is 0 Å². The standard InChI is InChI=1S/C16H36N.HI.O.Zn/c1-5-9-13-17(14-10-6-2,15-11-7-3)16-12-8-4;;;/h5-16H2,1-4H3;1H;;/q+1;;;/p-1. The fourth-order valence-corrected chi connectivity index (χ4v) is 2.64. The summed E-state index contributed by atoms with van der Waals surface area (Å²) in [5.74, 6) is 0. The molecule has 0 radical (unpaired) electrons. The average molecular weight is 451 g/mol. The molecule has 0 aromatic heterocycles. The second kappa shape index (κ2) is 20.1. The Morgan fingerprint density at radius 3 is 0.950 bits per heavy atom. The summed E-state index contributed by atoms with van der Waals surface area (Å²) >= 11 is 0.125. The molecule has 0 aliphatic carbocycles. The number of hydrogen-bond donors (Lipinski definition) is 0. The van der Waals surface area contributed by atoms with E-state index >= 15 is 0 Å². The van der Waals surface area contributed by atoms with Gasteiger partial charge in [-0.05, 0) is 25.7 Å². The van der Waals surface area contributed by atoms with Crippen LogP contribution in [-0.4, -0.2) is 30.7 Å². The molecule has 0 bridgehead atoms. The molecule has 0 amide bonds. The number of unbranched alkanes of at least 4 members (excludes halogenated alkanes) is 4. The van der Waals surface area contributed by atoms with Gasteiger partial charge in [0.05, 0.1) is 26.2 Å². The summed E-state index contributed by atoms with van der Waals surface area (Å²) in [4.78, 5) is 0. The second-order valence-corrected chi connectivity index (χ2v) is 5.65. The molecule has 0 saturated carbocycles. The van der Waals surface area contributed by atoms with Gasteiger partial charge in [-0.3, -0.25) is 0 Å². The molecule has 120 valence electrons. The molecule has 0 atom stereocenters. The van der Waals surface area contributed by atoms with Crippen molar-refractivity contribution in [2.24, 2.45) is 0 Å². The van der Waals surface area contributed by atoms with Crippen molar-refractivity contribution in [3.63, 3.8) is 0 Å². The zero-order chi connectivity index (χ0) is 15.0. The van der Waals surface area contributed by atoms with Crippen molar-refractivity contribution in [2.75, 3.05) is 26.2 Å². The first kappa shape index (κ1) is 26.0. The molecule has 0 N–H and O–H groups in total. The third-order valence-corrected chi connectivity index (χ3v) is 3.94. The summed E-state index contributed by atoms with van der Waals surface area (Å²) in [5.41, 5.74) is 0. The molecule has 0 saturated heterocycles. The Morgan fingerprint density at radius 1 is 0.600 bits per heavy atom. The van der Waals surface area contributed by atoms with Gasteiger partial charge in [-0.15, -0.1) is 0 Å². The Labute approximate surface area is 155 Å². The van der Waals surface area contributed by atoms with Crippen molar-refractivity contribution in [2.45, 2.75) is 79.1 Å². The first-order valence-electron chi connectivity index (χ1n) is 8.38. The van der Waals surface area contributed by atoms with E-state index in [9.17, 15) is 0 Å². The van der Waals surface area contributed by atoms with E-state index in [2.05, 4.69) is 27.7 Å². The predicted molar refractivity (Wildman–Crippen MR) is 80.0 cm³/mol. The predicted octanol–water partition coefficient (Wildman–Crippen LogP) is 1.89. The summed E-state index contributed by atoms with van der Waals surface area (Å²) in [6, 6.07) is 0. The number of hydrogen-bond acceptors (Lipinski definition) is 1. The summed E-state index contributed by atoms with van der Waals surface area (Å²) in [6.07, 6.45) is 11.1. The van der Waals surface area contributed by atoms with E-state index < -0.39 is 0 Å². The molecule has 0 aliphatic heterocycles. The zero-order valence-electron chi connectivity index (χ0n) is 14.4. The van der Waals surface area contributed by atoms with Crippen molar-refractivity contribution < 1.29 is 50.3 Å². The van der Waals surface area contributed by atoms with Crippen LogP contribution in [0.2, 0.25) is 0 Å². The van der Waals surface area contributed by atoms with Crippen LogP contribution in [0.3, 0.4) is 0 Å². The number of halogens is 1. The summed E-state index contributed by atoms with van der Waals surface area (Å²) in [6.45, 7) is 15.0. The quantitative estimate of drug-likeness (QED) is 0.252. The van der Waals surface area contributed by atoms with E-state index in [-0.39, 0.29) is 42.2 Å². The van der Waals surface area contributed by atoms with E-state index in [0.29, 0.717) is 0 Å². The zero-order valence-corrected chi connectivity index (χ0v) is 19.6. The minimum atomic E-state index is 0. The Morgan fingerprint density at radius 2 is 0.800 bits per heavy atom. The molecule has 20 heavy (non-hydrogen) atoms. The van der Waals surface area contributed by atoms with Gasteiger partial charge in [-0.1, -0.05) is 53.4 Å². The normalized spacial score (nSPS) is 10.5. The van der Waals surface area contributed by atoms with Gasteiger partial charge in [0.2, 0.25) is 0 Å².